The largest absolute Gasteiger partial charge is 0.504 e. The average molecular weight is 276 g/mol. The van der Waals surface area contributed by atoms with E-state index in [1.807, 2.05) is 6.07 Å². The Kier molecular flexibility index (Phi) is 4.20. The van der Waals surface area contributed by atoms with E-state index in [1.54, 1.807) is 30.3 Å². The first-order valence-electron chi connectivity index (χ1n) is 5.49. The molecule has 0 saturated heterocycles. The van der Waals surface area contributed by atoms with Gasteiger partial charge in [-0.2, -0.15) is 0 Å². The van der Waals surface area contributed by atoms with Crippen molar-refractivity contribution in [3.63, 3.8) is 0 Å². The smallest absolute Gasteiger partial charge is 0.233 e. The second-order valence-electron chi connectivity index (χ2n) is 3.71. The zero-order valence-corrected chi connectivity index (χ0v) is 10.7. The minimum Gasteiger partial charge on any atom is -0.504 e. The molecule has 4 nitrogen and oxygen atoms in total. The van der Waals surface area contributed by atoms with E-state index in [4.69, 9.17) is 9.29 Å². The van der Waals surface area contributed by atoms with Crippen molar-refractivity contribution in [2.45, 2.75) is 0 Å². The summed E-state index contributed by atoms with van der Waals surface area (Å²) in [5, 5.41) is 19.8. The highest BCUT2D eigenvalue weighted by molar-refractivity contribution is 7.83. The van der Waals surface area contributed by atoms with Gasteiger partial charge in [0.1, 0.15) is 5.75 Å². The Labute approximate surface area is 113 Å². The van der Waals surface area contributed by atoms with Crippen LogP contribution < -0.4 is 4.18 Å². The topological polar surface area (TPSA) is 66.8 Å². The van der Waals surface area contributed by atoms with E-state index in [2.05, 4.69) is 0 Å². The molecule has 1 unspecified atom stereocenters. The molecule has 2 aromatic carbocycles. The molecule has 0 aliphatic carbocycles. The zero-order valence-electron chi connectivity index (χ0n) is 9.89. The average Bonchev–Trinajstić information content (AvgIpc) is 2.41. The third-order valence-electron chi connectivity index (χ3n) is 2.29. The first-order chi connectivity index (χ1) is 9.15. The first-order valence-corrected chi connectivity index (χ1v) is 6.63. The van der Waals surface area contributed by atoms with Gasteiger partial charge >= 0.3 is 0 Å². The van der Waals surface area contributed by atoms with Gasteiger partial charge in [0.05, 0.1) is 0 Å². The molecule has 0 amide bonds. The van der Waals surface area contributed by atoms with Crippen LogP contribution in [0.5, 0.6) is 17.2 Å². The van der Waals surface area contributed by atoms with Crippen molar-refractivity contribution >= 4 is 17.2 Å². The van der Waals surface area contributed by atoms with E-state index in [0.717, 1.165) is 0 Å². The van der Waals surface area contributed by atoms with Crippen molar-refractivity contribution in [3.05, 3.63) is 59.5 Å². The molecule has 0 heterocycles. The number of hydrogen-bond donors (Lipinski definition) is 2. The Hall–Kier alpha value is -2.27. The predicted octanol–water partition coefficient (Wildman–Crippen LogP) is 2.81. The third kappa shape index (κ3) is 3.86. The molecule has 2 aromatic rings. The van der Waals surface area contributed by atoms with Gasteiger partial charge in [-0.25, -0.2) is 4.21 Å². The lowest BCUT2D eigenvalue weighted by Crippen LogP contribution is -1.95. The fourth-order valence-corrected chi connectivity index (χ4v) is 2.00. The lowest BCUT2D eigenvalue weighted by atomic mass is 10.2. The van der Waals surface area contributed by atoms with Gasteiger partial charge in [0.2, 0.25) is 11.1 Å². The van der Waals surface area contributed by atoms with E-state index in [0.29, 0.717) is 11.3 Å². The van der Waals surface area contributed by atoms with Crippen molar-refractivity contribution in [3.8, 4) is 17.2 Å². The maximum atomic E-state index is 11.6. The van der Waals surface area contributed by atoms with Crippen molar-refractivity contribution < 1.29 is 18.6 Å². The number of para-hydroxylation sites is 1. The molecule has 0 fully saturated rings. The van der Waals surface area contributed by atoms with Crippen LogP contribution in [0.3, 0.4) is 0 Å². The van der Waals surface area contributed by atoms with Gasteiger partial charge in [0.25, 0.3) is 0 Å². The van der Waals surface area contributed by atoms with Crippen molar-refractivity contribution in [2.75, 3.05) is 0 Å². The van der Waals surface area contributed by atoms with Crippen molar-refractivity contribution in [1.82, 2.24) is 0 Å². The summed E-state index contributed by atoms with van der Waals surface area (Å²) in [6.45, 7) is 0. The quantitative estimate of drug-likeness (QED) is 0.843. The number of phenolic OH excluding ortho intramolecular Hbond substituents is 2. The van der Waals surface area contributed by atoms with Crippen LogP contribution in [0.4, 0.5) is 0 Å². The summed E-state index contributed by atoms with van der Waals surface area (Å²) in [5.41, 5.74) is 0.611. The summed E-state index contributed by atoms with van der Waals surface area (Å²) in [6, 6.07) is 13.1. The molecule has 98 valence electrons. The van der Waals surface area contributed by atoms with Crippen LogP contribution in [0, 0.1) is 0 Å². The fourth-order valence-electron chi connectivity index (χ4n) is 1.38. The number of aromatic hydroxyl groups is 2. The summed E-state index contributed by atoms with van der Waals surface area (Å²) < 4.78 is 16.8. The van der Waals surface area contributed by atoms with Crippen LogP contribution >= 0.6 is 0 Å². The molecule has 2 N–H and O–H groups in total. The Morgan fingerprint density at radius 2 is 1.74 bits per heavy atom. The number of hydrogen-bond acceptors (Lipinski definition) is 4. The molecule has 1 atom stereocenters. The zero-order chi connectivity index (χ0) is 13.7. The van der Waals surface area contributed by atoms with Crippen LogP contribution in [0.1, 0.15) is 5.56 Å². The summed E-state index contributed by atoms with van der Waals surface area (Å²) >= 11 is -1.61. The SMILES string of the molecule is O=S(C=Cc1ccc(O)c(O)c1)Oc1ccccc1. The van der Waals surface area contributed by atoms with Gasteiger partial charge in [0.15, 0.2) is 11.5 Å². The summed E-state index contributed by atoms with van der Waals surface area (Å²) in [7, 11) is 0. The Bertz CT molecular complexity index is 608. The molecule has 0 bridgehead atoms. The van der Waals surface area contributed by atoms with E-state index in [-0.39, 0.29) is 11.5 Å². The molecule has 5 heteroatoms. The van der Waals surface area contributed by atoms with Crippen LogP contribution in [-0.4, -0.2) is 14.4 Å². The molecular weight excluding hydrogens is 264 g/mol. The first kappa shape index (κ1) is 13.2. The van der Waals surface area contributed by atoms with Crippen molar-refractivity contribution in [2.24, 2.45) is 0 Å². The summed E-state index contributed by atoms with van der Waals surface area (Å²) in [6.07, 6.45) is 1.54. The highest BCUT2D eigenvalue weighted by atomic mass is 32.2. The Balaban J connectivity index is 2.02. The molecule has 2 rings (SSSR count). The van der Waals surface area contributed by atoms with Gasteiger partial charge in [-0.15, -0.1) is 0 Å². The molecular formula is C14H12O4S. The molecule has 0 saturated carbocycles. The standard InChI is InChI=1S/C14H12O4S/c15-13-7-6-11(10-14(13)16)8-9-19(17)18-12-4-2-1-3-5-12/h1-10,15-16H. The molecule has 0 aliphatic rings. The maximum Gasteiger partial charge on any atom is 0.233 e. The normalized spacial score (nSPS) is 12.4. The van der Waals surface area contributed by atoms with Crippen molar-refractivity contribution in [1.29, 1.82) is 0 Å². The van der Waals surface area contributed by atoms with E-state index >= 15 is 0 Å². The lowest BCUT2D eigenvalue weighted by Gasteiger charge is -2.01. The maximum absolute atomic E-state index is 11.6. The molecule has 0 spiro atoms. The summed E-state index contributed by atoms with van der Waals surface area (Å²) in [5.74, 6) is 0.0924. The number of benzene rings is 2. The number of rotatable bonds is 4. The monoisotopic (exact) mass is 276 g/mol. The fraction of sp³-hybridized carbons (Fsp3) is 0. The minimum atomic E-state index is -1.61. The van der Waals surface area contributed by atoms with E-state index in [9.17, 15) is 9.32 Å². The molecule has 0 aromatic heterocycles. The predicted molar refractivity (Wildman–Crippen MR) is 74.0 cm³/mol. The van der Waals surface area contributed by atoms with Gasteiger partial charge in [0, 0.05) is 5.41 Å². The van der Waals surface area contributed by atoms with Crippen LogP contribution in [0.15, 0.2) is 53.9 Å². The Morgan fingerprint density at radius 1 is 1.00 bits per heavy atom. The lowest BCUT2D eigenvalue weighted by molar-refractivity contribution is 0.403. The van der Waals surface area contributed by atoms with Crippen LogP contribution in [0.2, 0.25) is 0 Å². The van der Waals surface area contributed by atoms with Gasteiger partial charge in [-0.05, 0) is 35.9 Å². The minimum absolute atomic E-state index is 0.196. The molecule has 0 radical (unpaired) electrons. The van der Waals surface area contributed by atoms with E-state index < -0.39 is 11.1 Å². The third-order valence-corrected chi connectivity index (χ3v) is 3.01. The molecule has 0 aliphatic heterocycles. The van der Waals surface area contributed by atoms with Gasteiger partial charge in [-0.3, -0.25) is 0 Å². The number of phenols is 2. The Morgan fingerprint density at radius 3 is 2.42 bits per heavy atom. The van der Waals surface area contributed by atoms with Crippen LogP contribution in [-0.2, 0) is 11.1 Å². The second-order valence-corrected chi connectivity index (χ2v) is 4.67. The summed E-state index contributed by atoms with van der Waals surface area (Å²) in [4.78, 5) is 0. The molecule has 19 heavy (non-hydrogen) atoms. The van der Waals surface area contributed by atoms with E-state index in [1.165, 1.54) is 23.6 Å². The highest BCUT2D eigenvalue weighted by Crippen LogP contribution is 2.25. The van der Waals surface area contributed by atoms with Gasteiger partial charge in [-0.1, -0.05) is 24.3 Å². The van der Waals surface area contributed by atoms with Gasteiger partial charge < -0.3 is 14.4 Å². The highest BCUT2D eigenvalue weighted by Gasteiger charge is 2.00. The van der Waals surface area contributed by atoms with Crippen LogP contribution in [0.25, 0.3) is 6.08 Å². The second kappa shape index (κ2) is 6.06.